The fourth-order valence-corrected chi connectivity index (χ4v) is 8.21. The second-order valence-electron chi connectivity index (χ2n) is 9.30. The van der Waals surface area contributed by atoms with Crippen molar-refractivity contribution in [1.82, 2.24) is 9.97 Å². The molecule has 2 nitrogen and oxygen atoms in total. The molecule has 0 radical (unpaired) electrons. The van der Waals surface area contributed by atoms with E-state index in [2.05, 4.69) is 117 Å². The van der Waals surface area contributed by atoms with Gasteiger partial charge in [0, 0.05) is 40.3 Å². The molecule has 0 bridgehead atoms. The quantitative estimate of drug-likeness (QED) is 0.0874. The summed E-state index contributed by atoms with van der Waals surface area (Å²) in [6.45, 7) is 0. The van der Waals surface area contributed by atoms with Gasteiger partial charge in [-0.15, -0.1) is 23.5 Å². The van der Waals surface area contributed by atoms with Crippen molar-refractivity contribution in [3.63, 3.8) is 0 Å². The fraction of sp³-hybridized carbons (Fsp3) is 0.188. The van der Waals surface area contributed by atoms with Crippen molar-refractivity contribution in [3.8, 4) is 0 Å². The van der Waals surface area contributed by atoms with Crippen LogP contribution in [0.4, 0.5) is 0 Å². The Morgan fingerprint density at radius 2 is 0.895 bits per heavy atom. The van der Waals surface area contributed by atoms with Gasteiger partial charge < -0.3 is 0 Å². The van der Waals surface area contributed by atoms with Gasteiger partial charge in [0.05, 0.1) is 22.1 Å². The third kappa shape index (κ3) is 5.33. The van der Waals surface area contributed by atoms with Gasteiger partial charge in [0.1, 0.15) is 0 Å². The molecule has 6 rings (SSSR count). The van der Waals surface area contributed by atoms with Gasteiger partial charge in [-0.1, -0.05) is 73.5 Å². The molecule has 4 aromatic carbocycles. The Labute approximate surface area is 248 Å². The summed E-state index contributed by atoms with van der Waals surface area (Å²) in [5, 5.41) is 4.98. The Morgan fingerprint density at radius 3 is 1.37 bits per heavy atom. The molecule has 0 atom stereocenters. The van der Waals surface area contributed by atoms with E-state index in [0.29, 0.717) is 0 Å². The van der Waals surface area contributed by atoms with Crippen LogP contribution < -0.4 is 0 Å². The van der Waals surface area contributed by atoms with Crippen molar-refractivity contribution in [2.24, 2.45) is 0 Å². The highest BCUT2D eigenvalue weighted by molar-refractivity contribution is 9.11. The van der Waals surface area contributed by atoms with Gasteiger partial charge >= 0.3 is 0 Å². The molecule has 6 heteroatoms. The molecule has 0 unspecified atom stereocenters. The molecule has 2 heterocycles. The molecule has 0 N–H and O–H groups in total. The molecule has 0 aliphatic carbocycles. The lowest BCUT2D eigenvalue weighted by Crippen LogP contribution is -1.91. The summed E-state index contributed by atoms with van der Waals surface area (Å²) < 4.78 is 2.12. The largest absolute Gasteiger partial charge is 0.247 e. The Hall–Kier alpha value is -2.12. The van der Waals surface area contributed by atoms with Gasteiger partial charge in [-0.2, -0.15) is 0 Å². The van der Waals surface area contributed by atoms with Crippen LogP contribution in [0.25, 0.3) is 43.6 Å². The molecule has 0 aliphatic heterocycles. The van der Waals surface area contributed by atoms with E-state index in [9.17, 15) is 0 Å². The monoisotopic (exact) mass is 660 g/mol. The van der Waals surface area contributed by atoms with E-state index in [1.54, 1.807) is 0 Å². The molecular weight excluding hydrogens is 636 g/mol. The van der Waals surface area contributed by atoms with Crippen LogP contribution in [0.2, 0.25) is 0 Å². The lowest BCUT2D eigenvalue weighted by molar-refractivity contribution is 0.711. The fourth-order valence-electron chi connectivity index (χ4n) is 4.90. The molecule has 6 aromatic rings. The molecule has 0 fully saturated rings. The van der Waals surface area contributed by atoms with Crippen molar-refractivity contribution in [1.29, 1.82) is 0 Å². The van der Waals surface area contributed by atoms with Gasteiger partial charge in [-0.3, -0.25) is 0 Å². The van der Waals surface area contributed by atoms with Crippen molar-refractivity contribution < 1.29 is 0 Å². The third-order valence-electron chi connectivity index (χ3n) is 6.76. The highest BCUT2D eigenvalue weighted by atomic mass is 79.9. The van der Waals surface area contributed by atoms with Crippen LogP contribution in [0.3, 0.4) is 0 Å². The molecule has 0 saturated carbocycles. The number of hydrogen-bond donors (Lipinski definition) is 0. The maximum atomic E-state index is 4.91. The first-order valence-electron chi connectivity index (χ1n) is 12.9. The van der Waals surface area contributed by atoms with Crippen LogP contribution in [-0.2, 0) is 0 Å². The predicted octanol–water partition coefficient (Wildman–Crippen LogP) is 11.1. The van der Waals surface area contributed by atoms with Crippen molar-refractivity contribution in [2.75, 3.05) is 11.5 Å². The molecular formula is C32H26Br2N2S2. The average molecular weight is 663 g/mol. The minimum Gasteiger partial charge on any atom is -0.247 e. The highest BCUT2D eigenvalue weighted by Crippen LogP contribution is 2.38. The zero-order chi connectivity index (χ0) is 25.9. The Kier molecular flexibility index (Phi) is 8.21. The number of para-hydroxylation sites is 4. The van der Waals surface area contributed by atoms with E-state index in [4.69, 9.17) is 9.97 Å². The normalized spacial score (nSPS) is 11.7. The van der Waals surface area contributed by atoms with Crippen LogP contribution in [0.15, 0.2) is 104 Å². The predicted molar refractivity (Wildman–Crippen MR) is 174 cm³/mol. The second-order valence-corrected chi connectivity index (χ2v) is 13.2. The van der Waals surface area contributed by atoms with Crippen molar-refractivity contribution in [3.05, 3.63) is 93.9 Å². The summed E-state index contributed by atoms with van der Waals surface area (Å²) >= 11 is 11.4. The number of benzene rings is 4. The van der Waals surface area contributed by atoms with E-state index in [0.717, 1.165) is 42.5 Å². The number of unbranched alkanes of at least 4 members (excludes halogenated alkanes) is 3. The Balaban J connectivity index is 1.07. The number of hydrogen-bond acceptors (Lipinski definition) is 4. The minimum absolute atomic E-state index is 1.05. The number of fused-ring (bicyclic) bond motifs is 4. The molecule has 190 valence electrons. The Morgan fingerprint density at radius 1 is 0.474 bits per heavy atom. The lowest BCUT2D eigenvalue weighted by Gasteiger charge is -2.12. The maximum absolute atomic E-state index is 4.91. The van der Waals surface area contributed by atoms with E-state index in [1.165, 1.54) is 57.0 Å². The summed E-state index contributed by atoms with van der Waals surface area (Å²) in [5.41, 5.74) is 4.23. The first-order chi connectivity index (χ1) is 18.7. The molecule has 38 heavy (non-hydrogen) atoms. The summed E-state index contributed by atoms with van der Waals surface area (Å²) in [7, 11) is 0. The smallest absolute Gasteiger partial charge is 0.0862 e. The van der Waals surface area contributed by atoms with E-state index in [1.807, 2.05) is 23.5 Å². The first kappa shape index (κ1) is 26.1. The zero-order valence-corrected chi connectivity index (χ0v) is 25.6. The molecule has 0 saturated heterocycles. The van der Waals surface area contributed by atoms with E-state index >= 15 is 0 Å². The molecule has 0 aliphatic rings. The van der Waals surface area contributed by atoms with Gasteiger partial charge in [0.15, 0.2) is 0 Å². The molecule has 2 aromatic heterocycles. The van der Waals surface area contributed by atoms with E-state index in [-0.39, 0.29) is 0 Å². The second kappa shape index (κ2) is 12.0. The van der Waals surface area contributed by atoms with Crippen LogP contribution in [0.5, 0.6) is 0 Å². The van der Waals surface area contributed by atoms with E-state index < -0.39 is 0 Å². The number of halogens is 2. The number of pyridine rings is 2. The number of thioether (sulfide) groups is 2. The van der Waals surface area contributed by atoms with Crippen LogP contribution >= 0.6 is 55.4 Å². The lowest BCUT2D eigenvalue weighted by atomic mass is 10.1. The number of nitrogens with zero attached hydrogens (tertiary/aromatic N) is 2. The van der Waals surface area contributed by atoms with Gasteiger partial charge in [0.2, 0.25) is 0 Å². The summed E-state index contributed by atoms with van der Waals surface area (Å²) in [5.74, 6) is 2.24. The number of aromatic nitrogens is 2. The van der Waals surface area contributed by atoms with Crippen LogP contribution in [-0.4, -0.2) is 21.5 Å². The van der Waals surface area contributed by atoms with Gasteiger partial charge in [0.25, 0.3) is 0 Å². The number of rotatable bonds is 9. The van der Waals surface area contributed by atoms with Crippen LogP contribution in [0.1, 0.15) is 25.7 Å². The maximum Gasteiger partial charge on any atom is 0.0862 e. The summed E-state index contributed by atoms with van der Waals surface area (Å²) in [6, 6.07) is 29.8. The summed E-state index contributed by atoms with van der Waals surface area (Å²) in [4.78, 5) is 12.5. The zero-order valence-electron chi connectivity index (χ0n) is 20.8. The SMILES string of the molecule is Brc1cccc2c(SCCCCCCSc3c4ccccc4nc4c(Br)cccc34)c3ccccc3nc12. The minimum atomic E-state index is 1.05. The van der Waals surface area contributed by atoms with Gasteiger partial charge in [-0.05, 0) is 80.5 Å². The average Bonchev–Trinajstić information content (AvgIpc) is 2.94. The van der Waals surface area contributed by atoms with Gasteiger partial charge in [-0.25, -0.2) is 9.97 Å². The first-order valence-corrected chi connectivity index (χ1v) is 16.5. The standard InChI is InChI=1S/C32H26Br2N2S2/c33-25-15-9-13-23-29(25)35-27-17-5-3-11-21(27)31(23)37-19-7-1-2-8-20-38-32-22-12-4-6-18-28(22)36-30-24(32)14-10-16-26(30)34/h3-6,9-18H,1-2,7-8,19-20H2. The van der Waals surface area contributed by atoms with Crippen molar-refractivity contribution in [2.45, 2.75) is 35.5 Å². The topological polar surface area (TPSA) is 25.8 Å². The molecule has 0 amide bonds. The Bertz CT molecular complexity index is 1640. The highest BCUT2D eigenvalue weighted by Gasteiger charge is 2.13. The summed E-state index contributed by atoms with van der Waals surface area (Å²) in [6.07, 6.45) is 4.94. The molecule has 0 spiro atoms. The van der Waals surface area contributed by atoms with Crippen molar-refractivity contribution >= 4 is 99.0 Å². The van der Waals surface area contributed by atoms with Crippen LogP contribution in [0, 0.1) is 0 Å². The third-order valence-corrected chi connectivity index (χ3v) is 10.5.